The predicted octanol–water partition coefficient (Wildman–Crippen LogP) is 4.30. The van der Waals surface area contributed by atoms with E-state index < -0.39 is 5.97 Å². The van der Waals surface area contributed by atoms with Crippen molar-refractivity contribution in [3.63, 3.8) is 0 Å². The van der Waals surface area contributed by atoms with E-state index in [1.54, 1.807) is 12.1 Å². The summed E-state index contributed by atoms with van der Waals surface area (Å²) in [4.78, 5) is 16.3. The van der Waals surface area contributed by atoms with Crippen molar-refractivity contribution in [1.29, 1.82) is 0 Å². The molecule has 110 valence electrons. The summed E-state index contributed by atoms with van der Waals surface area (Å²) in [7, 11) is 0. The first-order valence-electron chi connectivity index (χ1n) is 6.89. The number of hydrogen-bond donors (Lipinski definition) is 0. The lowest BCUT2D eigenvalue weighted by Crippen LogP contribution is -2.05. The van der Waals surface area contributed by atoms with Crippen molar-refractivity contribution < 1.29 is 9.53 Å². The Balaban J connectivity index is 1.98. The summed E-state index contributed by atoms with van der Waals surface area (Å²) in [6.45, 7) is 4.04. The molecule has 0 bridgehead atoms. The molecule has 0 aromatic heterocycles. The molecule has 2 aromatic carbocycles. The van der Waals surface area contributed by atoms with Crippen LogP contribution in [0.15, 0.2) is 53.2 Å². The molecule has 1 aliphatic heterocycles. The zero-order valence-electron chi connectivity index (χ0n) is 12.3. The number of carbonyl (C=O) groups is 1. The predicted molar refractivity (Wildman–Crippen MR) is 88.0 cm³/mol. The SMILES string of the molecule is Cc1ccc(C2=NC(=Cc3ccccc3Cl)C(=O)O2)cc1C. The molecule has 0 atom stereocenters. The van der Waals surface area contributed by atoms with Crippen molar-refractivity contribution >= 4 is 29.5 Å². The highest BCUT2D eigenvalue weighted by atomic mass is 35.5. The number of aryl methyl sites for hydroxylation is 2. The van der Waals surface area contributed by atoms with Crippen molar-refractivity contribution in [3.8, 4) is 0 Å². The highest BCUT2D eigenvalue weighted by molar-refractivity contribution is 6.32. The van der Waals surface area contributed by atoms with Crippen molar-refractivity contribution in [2.75, 3.05) is 0 Å². The monoisotopic (exact) mass is 311 g/mol. The maximum atomic E-state index is 12.0. The van der Waals surface area contributed by atoms with Gasteiger partial charge in [-0.2, -0.15) is 0 Å². The Morgan fingerprint density at radius 3 is 2.59 bits per heavy atom. The number of cyclic esters (lactones) is 1. The van der Waals surface area contributed by atoms with Crippen LogP contribution < -0.4 is 0 Å². The number of aliphatic imine (C=N–C) groups is 1. The highest BCUT2D eigenvalue weighted by Crippen LogP contribution is 2.23. The van der Waals surface area contributed by atoms with Gasteiger partial charge < -0.3 is 4.74 Å². The normalized spacial score (nSPS) is 15.9. The number of rotatable bonds is 2. The van der Waals surface area contributed by atoms with E-state index in [1.165, 1.54) is 5.56 Å². The minimum absolute atomic E-state index is 0.251. The fourth-order valence-corrected chi connectivity index (χ4v) is 2.34. The van der Waals surface area contributed by atoms with Gasteiger partial charge in [-0.3, -0.25) is 0 Å². The van der Waals surface area contributed by atoms with Crippen molar-refractivity contribution in [2.45, 2.75) is 13.8 Å². The Morgan fingerprint density at radius 1 is 1.09 bits per heavy atom. The first kappa shape index (κ1) is 14.5. The van der Waals surface area contributed by atoms with Gasteiger partial charge in [0, 0.05) is 10.6 Å². The molecule has 0 aliphatic carbocycles. The van der Waals surface area contributed by atoms with Crippen LogP contribution in [0, 0.1) is 13.8 Å². The fraction of sp³-hybridized carbons (Fsp3) is 0.111. The molecule has 1 heterocycles. The van der Waals surface area contributed by atoms with Crippen molar-refractivity contribution in [2.24, 2.45) is 4.99 Å². The molecule has 22 heavy (non-hydrogen) atoms. The van der Waals surface area contributed by atoms with Gasteiger partial charge in [0.25, 0.3) is 0 Å². The average molecular weight is 312 g/mol. The number of nitrogens with zero attached hydrogens (tertiary/aromatic N) is 1. The molecular formula is C18H14ClNO2. The zero-order chi connectivity index (χ0) is 15.7. The Morgan fingerprint density at radius 2 is 1.86 bits per heavy atom. The van der Waals surface area contributed by atoms with Gasteiger partial charge in [-0.05, 0) is 54.8 Å². The zero-order valence-corrected chi connectivity index (χ0v) is 13.0. The van der Waals surface area contributed by atoms with Gasteiger partial charge in [0.2, 0.25) is 5.90 Å². The van der Waals surface area contributed by atoms with Crippen LogP contribution in [0.1, 0.15) is 22.3 Å². The van der Waals surface area contributed by atoms with E-state index in [4.69, 9.17) is 16.3 Å². The third-order valence-corrected chi connectivity index (χ3v) is 3.92. The van der Waals surface area contributed by atoms with Crippen LogP contribution >= 0.6 is 11.6 Å². The highest BCUT2D eigenvalue weighted by Gasteiger charge is 2.24. The van der Waals surface area contributed by atoms with E-state index in [2.05, 4.69) is 4.99 Å². The van der Waals surface area contributed by atoms with Crippen molar-refractivity contribution in [1.82, 2.24) is 0 Å². The summed E-state index contributed by atoms with van der Waals surface area (Å²) < 4.78 is 5.27. The van der Waals surface area contributed by atoms with Gasteiger partial charge in [-0.1, -0.05) is 35.9 Å². The van der Waals surface area contributed by atoms with Crippen LogP contribution in [0.4, 0.5) is 0 Å². The standard InChI is InChI=1S/C18H14ClNO2/c1-11-7-8-14(9-12(11)2)17-20-16(18(21)22-17)10-13-5-3-4-6-15(13)19/h3-10H,1-2H3. The van der Waals surface area contributed by atoms with Crippen LogP contribution in [0.5, 0.6) is 0 Å². The third kappa shape index (κ3) is 2.81. The molecule has 3 rings (SSSR count). The summed E-state index contributed by atoms with van der Waals surface area (Å²) >= 11 is 6.10. The summed E-state index contributed by atoms with van der Waals surface area (Å²) in [5.41, 5.74) is 4.09. The second-order valence-electron chi connectivity index (χ2n) is 5.16. The van der Waals surface area contributed by atoms with Crippen LogP contribution in [0.2, 0.25) is 5.02 Å². The molecule has 0 saturated carbocycles. The summed E-state index contributed by atoms with van der Waals surface area (Å²) in [6.07, 6.45) is 1.64. The smallest absolute Gasteiger partial charge is 0.363 e. The molecule has 0 unspecified atom stereocenters. The fourth-order valence-electron chi connectivity index (χ4n) is 2.15. The van der Waals surface area contributed by atoms with E-state index in [1.807, 2.05) is 50.2 Å². The van der Waals surface area contributed by atoms with E-state index in [0.717, 1.165) is 16.7 Å². The quantitative estimate of drug-likeness (QED) is 0.612. The number of esters is 1. The maximum Gasteiger partial charge on any atom is 0.363 e. The Labute approximate surface area is 133 Å². The molecule has 0 radical (unpaired) electrons. The lowest BCUT2D eigenvalue weighted by molar-refractivity contribution is -0.129. The molecule has 2 aromatic rings. The number of carbonyl (C=O) groups excluding carboxylic acids is 1. The Bertz CT molecular complexity index is 822. The third-order valence-electron chi connectivity index (χ3n) is 3.57. The van der Waals surface area contributed by atoms with Gasteiger partial charge in [0.05, 0.1) is 0 Å². The average Bonchev–Trinajstić information content (AvgIpc) is 2.85. The van der Waals surface area contributed by atoms with Crippen LogP contribution in [-0.2, 0) is 9.53 Å². The van der Waals surface area contributed by atoms with Crippen LogP contribution in [0.3, 0.4) is 0 Å². The minimum Gasteiger partial charge on any atom is -0.402 e. The number of benzene rings is 2. The van der Waals surface area contributed by atoms with Gasteiger partial charge in [-0.25, -0.2) is 9.79 Å². The van der Waals surface area contributed by atoms with E-state index >= 15 is 0 Å². The second-order valence-corrected chi connectivity index (χ2v) is 5.56. The van der Waals surface area contributed by atoms with Gasteiger partial charge in [0.15, 0.2) is 5.70 Å². The molecule has 0 saturated heterocycles. The molecule has 0 amide bonds. The van der Waals surface area contributed by atoms with Crippen LogP contribution in [-0.4, -0.2) is 11.9 Å². The molecular weight excluding hydrogens is 298 g/mol. The maximum absolute atomic E-state index is 12.0. The molecule has 0 spiro atoms. The van der Waals surface area contributed by atoms with Gasteiger partial charge in [0.1, 0.15) is 0 Å². The Kier molecular flexibility index (Phi) is 3.82. The minimum atomic E-state index is -0.465. The van der Waals surface area contributed by atoms with Crippen LogP contribution in [0.25, 0.3) is 6.08 Å². The molecule has 1 aliphatic rings. The summed E-state index contributed by atoms with van der Waals surface area (Å²) in [5.74, 6) is -0.139. The number of halogens is 1. The van der Waals surface area contributed by atoms with Gasteiger partial charge >= 0.3 is 5.97 Å². The summed E-state index contributed by atoms with van der Waals surface area (Å²) in [5, 5.41) is 0.567. The van der Waals surface area contributed by atoms with E-state index in [-0.39, 0.29) is 5.70 Å². The van der Waals surface area contributed by atoms with E-state index in [0.29, 0.717) is 10.9 Å². The molecule has 4 heteroatoms. The first-order valence-corrected chi connectivity index (χ1v) is 7.27. The van der Waals surface area contributed by atoms with E-state index in [9.17, 15) is 4.79 Å². The second kappa shape index (κ2) is 5.78. The van der Waals surface area contributed by atoms with Crippen molar-refractivity contribution in [3.05, 3.63) is 75.4 Å². The lowest BCUT2D eigenvalue weighted by atomic mass is 10.1. The largest absolute Gasteiger partial charge is 0.402 e. The summed E-state index contributed by atoms with van der Waals surface area (Å²) in [6, 6.07) is 13.1. The first-order chi connectivity index (χ1) is 10.5. The molecule has 0 fully saturated rings. The topological polar surface area (TPSA) is 38.7 Å². The number of hydrogen-bond acceptors (Lipinski definition) is 3. The molecule has 0 N–H and O–H groups in total. The van der Waals surface area contributed by atoms with Gasteiger partial charge in [-0.15, -0.1) is 0 Å². The lowest BCUT2D eigenvalue weighted by Gasteiger charge is -2.03. The Hall–Kier alpha value is -2.39. The molecule has 3 nitrogen and oxygen atoms in total. The number of ether oxygens (including phenoxy) is 1.